The van der Waals surface area contributed by atoms with Gasteiger partial charge in [0.15, 0.2) is 6.61 Å². The maximum Gasteiger partial charge on any atom is 0.342 e. The van der Waals surface area contributed by atoms with Gasteiger partial charge in [-0.2, -0.15) is 4.31 Å². The Balaban J connectivity index is 1.41. The summed E-state index contributed by atoms with van der Waals surface area (Å²) < 4.78 is 37.7. The van der Waals surface area contributed by atoms with Crippen molar-refractivity contribution in [3.05, 3.63) is 47.7 Å². The predicted molar refractivity (Wildman–Crippen MR) is 125 cm³/mol. The first-order valence-electron chi connectivity index (χ1n) is 11.2. The van der Waals surface area contributed by atoms with Gasteiger partial charge in [0, 0.05) is 38.1 Å². The van der Waals surface area contributed by atoms with E-state index in [2.05, 4.69) is 10.3 Å². The highest BCUT2D eigenvalue weighted by molar-refractivity contribution is 7.89. The van der Waals surface area contributed by atoms with Crippen LogP contribution in [0.4, 0.5) is 11.5 Å². The zero-order valence-electron chi connectivity index (χ0n) is 19.0. The van der Waals surface area contributed by atoms with Crippen LogP contribution in [-0.4, -0.2) is 75.6 Å². The first-order valence-corrected chi connectivity index (χ1v) is 12.7. The summed E-state index contributed by atoms with van der Waals surface area (Å²) in [4.78, 5) is 31.6. The summed E-state index contributed by atoms with van der Waals surface area (Å²) in [7, 11) is -3.71. The molecule has 1 amide bonds. The number of carbonyl (C=O) groups excluding carboxylic acids is 2. The molecule has 11 heteroatoms. The number of benzene rings is 1. The summed E-state index contributed by atoms with van der Waals surface area (Å²) in [5.41, 5.74) is 1.34. The lowest BCUT2D eigenvalue weighted by Crippen LogP contribution is -2.40. The number of aryl methyl sites for hydroxylation is 1. The molecule has 3 heterocycles. The fraction of sp³-hybridized carbons (Fsp3) is 0.435. The maximum atomic E-state index is 12.9. The van der Waals surface area contributed by atoms with Crippen molar-refractivity contribution in [1.29, 1.82) is 0 Å². The Kier molecular flexibility index (Phi) is 7.44. The number of morpholine rings is 1. The van der Waals surface area contributed by atoms with E-state index in [1.165, 1.54) is 16.4 Å². The summed E-state index contributed by atoms with van der Waals surface area (Å²) in [5.74, 6) is -0.642. The molecular weight excluding hydrogens is 460 g/mol. The molecule has 10 nitrogen and oxygen atoms in total. The van der Waals surface area contributed by atoms with Gasteiger partial charge in [-0.3, -0.25) is 4.79 Å². The number of ether oxygens (including phenoxy) is 2. The van der Waals surface area contributed by atoms with E-state index >= 15 is 0 Å². The molecule has 1 aromatic carbocycles. The van der Waals surface area contributed by atoms with Crippen LogP contribution in [0.2, 0.25) is 0 Å². The molecule has 0 radical (unpaired) electrons. The fourth-order valence-electron chi connectivity index (χ4n) is 3.96. The van der Waals surface area contributed by atoms with Gasteiger partial charge in [-0.15, -0.1) is 0 Å². The van der Waals surface area contributed by atoms with Gasteiger partial charge < -0.3 is 19.7 Å². The summed E-state index contributed by atoms with van der Waals surface area (Å²) >= 11 is 0. The predicted octanol–water partition coefficient (Wildman–Crippen LogP) is 1.81. The van der Waals surface area contributed by atoms with E-state index in [-0.39, 0.29) is 18.0 Å². The van der Waals surface area contributed by atoms with Crippen molar-refractivity contribution < 1.29 is 27.5 Å². The Hall–Kier alpha value is -3.02. The molecule has 0 bridgehead atoms. The van der Waals surface area contributed by atoms with Crippen LogP contribution < -0.4 is 10.2 Å². The molecule has 4 rings (SSSR count). The number of carbonyl (C=O) groups is 2. The lowest BCUT2D eigenvalue weighted by molar-refractivity contribution is -0.119. The number of esters is 1. The lowest BCUT2D eigenvalue weighted by Gasteiger charge is -2.26. The molecule has 2 aromatic rings. The van der Waals surface area contributed by atoms with Crippen LogP contribution in [0.3, 0.4) is 0 Å². The van der Waals surface area contributed by atoms with Crippen LogP contribution in [0.25, 0.3) is 0 Å². The van der Waals surface area contributed by atoms with E-state index < -0.39 is 28.5 Å². The quantitative estimate of drug-likeness (QED) is 0.587. The van der Waals surface area contributed by atoms with Crippen LogP contribution in [0.1, 0.15) is 28.8 Å². The lowest BCUT2D eigenvalue weighted by atomic mass is 10.2. The second-order valence-corrected chi connectivity index (χ2v) is 10.1. The van der Waals surface area contributed by atoms with Gasteiger partial charge in [0.05, 0.1) is 18.1 Å². The number of pyridine rings is 1. The number of sulfonamides is 1. The monoisotopic (exact) mass is 488 g/mol. The van der Waals surface area contributed by atoms with Gasteiger partial charge >= 0.3 is 5.97 Å². The minimum Gasteiger partial charge on any atom is -0.452 e. The number of hydrogen-bond donors (Lipinski definition) is 1. The highest BCUT2D eigenvalue weighted by Crippen LogP contribution is 2.24. The molecule has 2 fully saturated rings. The number of amides is 1. The van der Waals surface area contributed by atoms with Crippen molar-refractivity contribution in [2.24, 2.45) is 0 Å². The van der Waals surface area contributed by atoms with E-state index in [0.29, 0.717) is 35.8 Å². The minimum atomic E-state index is -3.71. The van der Waals surface area contributed by atoms with E-state index in [9.17, 15) is 18.0 Å². The van der Waals surface area contributed by atoms with Crippen LogP contribution in [0.15, 0.2) is 41.4 Å². The molecule has 0 aliphatic carbocycles. The van der Waals surface area contributed by atoms with Gasteiger partial charge in [0.2, 0.25) is 10.0 Å². The van der Waals surface area contributed by atoms with Crippen molar-refractivity contribution in [2.75, 3.05) is 56.2 Å². The van der Waals surface area contributed by atoms with E-state index in [0.717, 1.165) is 25.9 Å². The van der Waals surface area contributed by atoms with Crippen molar-refractivity contribution in [3.8, 4) is 0 Å². The average Bonchev–Trinajstić information content (AvgIpc) is 3.39. The van der Waals surface area contributed by atoms with Crippen LogP contribution in [0, 0.1) is 6.92 Å². The number of anilines is 2. The summed E-state index contributed by atoms with van der Waals surface area (Å²) in [6.45, 7) is 4.13. The topological polar surface area (TPSA) is 118 Å². The number of rotatable bonds is 7. The van der Waals surface area contributed by atoms with E-state index in [1.54, 1.807) is 31.3 Å². The highest BCUT2D eigenvalue weighted by atomic mass is 32.2. The van der Waals surface area contributed by atoms with Crippen molar-refractivity contribution in [2.45, 2.75) is 24.7 Å². The van der Waals surface area contributed by atoms with Gasteiger partial charge in [-0.05, 0) is 49.6 Å². The molecule has 0 unspecified atom stereocenters. The summed E-state index contributed by atoms with van der Waals surface area (Å²) in [6, 6.07) is 7.85. The Morgan fingerprint density at radius 1 is 1.12 bits per heavy atom. The summed E-state index contributed by atoms with van der Waals surface area (Å²) in [5, 5.41) is 2.65. The fourth-order valence-corrected chi connectivity index (χ4v) is 5.40. The highest BCUT2D eigenvalue weighted by Gasteiger charge is 2.27. The van der Waals surface area contributed by atoms with Crippen LogP contribution in [0.5, 0.6) is 0 Å². The first kappa shape index (κ1) is 24.1. The average molecular weight is 489 g/mol. The van der Waals surface area contributed by atoms with Gasteiger partial charge in [0.1, 0.15) is 11.4 Å². The molecule has 2 saturated heterocycles. The normalized spacial score (nSPS) is 16.9. The van der Waals surface area contributed by atoms with E-state index in [1.807, 2.05) is 4.90 Å². The third-order valence-corrected chi connectivity index (χ3v) is 7.73. The third kappa shape index (κ3) is 5.37. The number of aromatic nitrogens is 1. The largest absolute Gasteiger partial charge is 0.452 e. The minimum absolute atomic E-state index is 0.0814. The Morgan fingerprint density at radius 2 is 1.85 bits per heavy atom. The first-order chi connectivity index (χ1) is 16.4. The van der Waals surface area contributed by atoms with Crippen molar-refractivity contribution in [1.82, 2.24) is 9.29 Å². The van der Waals surface area contributed by atoms with E-state index in [4.69, 9.17) is 9.47 Å². The van der Waals surface area contributed by atoms with Crippen LogP contribution >= 0.6 is 0 Å². The zero-order chi connectivity index (χ0) is 24.1. The number of nitrogens with zero attached hydrogens (tertiary/aromatic N) is 3. The molecule has 0 saturated carbocycles. The number of hydrogen-bond acceptors (Lipinski definition) is 8. The molecule has 1 aromatic heterocycles. The SMILES string of the molecule is Cc1ccc(S(=O)(=O)N2CCOCC2)cc1NC(=O)COC(=O)c1cccnc1N1CCCC1. The Labute approximate surface area is 198 Å². The second kappa shape index (κ2) is 10.5. The van der Waals surface area contributed by atoms with Crippen molar-refractivity contribution >= 4 is 33.4 Å². The van der Waals surface area contributed by atoms with Gasteiger partial charge in [-0.1, -0.05) is 6.07 Å². The standard InChI is InChI=1S/C23H28N4O6S/c1-17-6-7-18(34(30,31)27-11-13-32-14-12-27)15-20(17)25-21(28)16-33-23(29)19-5-4-8-24-22(19)26-9-2-3-10-26/h4-8,15H,2-3,9-14,16H2,1H3,(H,25,28). The van der Waals surface area contributed by atoms with Crippen LogP contribution in [-0.2, 0) is 24.3 Å². The zero-order valence-corrected chi connectivity index (χ0v) is 19.8. The van der Waals surface area contributed by atoms with Gasteiger partial charge in [-0.25, -0.2) is 18.2 Å². The molecule has 1 N–H and O–H groups in total. The van der Waals surface area contributed by atoms with Gasteiger partial charge in [0.25, 0.3) is 5.91 Å². The molecular formula is C23H28N4O6S. The molecule has 0 atom stereocenters. The number of nitrogens with one attached hydrogen (secondary N) is 1. The molecule has 34 heavy (non-hydrogen) atoms. The molecule has 2 aliphatic heterocycles. The molecule has 182 valence electrons. The second-order valence-electron chi connectivity index (χ2n) is 8.19. The molecule has 2 aliphatic rings. The smallest absolute Gasteiger partial charge is 0.342 e. The molecule has 0 spiro atoms. The Morgan fingerprint density at radius 3 is 2.59 bits per heavy atom. The summed E-state index contributed by atoms with van der Waals surface area (Å²) in [6.07, 6.45) is 3.69. The third-order valence-electron chi connectivity index (χ3n) is 5.84. The van der Waals surface area contributed by atoms with Crippen molar-refractivity contribution in [3.63, 3.8) is 0 Å². The Bertz CT molecular complexity index is 1160. The maximum absolute atomic E-state index is 12.9.